The average Bonchev–Trinajstić information content (AvgIpc) is 2.47. The van der Waals surface area contributed by atoms with Crippen molar-refractivity contribution >= 4 is 5.69 Å². The van der Waals surface area contributed by atoms with Crippen molar-refractivity contribution in [3.8, 4) is 11.1 Å². The van der Waals surface area contributed by atoms with Crippen LogP contribution < -0.4 is 10.2 Å². The zero-order chi connectivity index (χ0) is 14.8. The van der Waals surface area contributed by atoms with E-state index in [2.05, 4.69) is 17.1 Å². The predicted molar refractivity (Wildman–Crippen MR) is 81.5 cm³/mol. The molecule has 21 heavy (non-hydrogen) atoms. The summed E-state index contributed by atoms with van der Waals surface area (Å²) in [4.78, 5) is 2.18. The van der Waals surface area contributed by atoms with Crippen LogP contribution in [0.2, 0.25) is 0 Å². The van der Waals surface area contributed by atoms with Gasteiger partial charge in [-0.05, 0) is 48.4 Å². The molecular weight excluding hydrogens is 270 g/mol. The second kappa shape index (κ2) is 5.82. The SMILES string of the molecule is C[C@H]1CNCCN1c1cc(F)cc(-c2cccc(F)c2)c1. The molecule has 0 aliphatic carbocycles. The van der Waals surface area contributed by atoms with Gasteiger partial charge in [-0.1, -0.05) is 12.1 Å². The number of anilines is 1. The number of hydrogen-bond acceptors (Lipinski definition) is 2. The minimum Gasteiger partial charge on any atom is -0.366 e. The lowest BCUT2D eigenvalue weighted by molar-refractivity contribution is 0.499. The van der Waals surface area contributed by atoms with Crippen molar-refractivity contribution in [2.45, 2.75) is 13.0 Å². The molecule has 2 aromatic carbocycles. The van der Waals surface area contributed by atoms with E-state index < -0.39 is 0 Å². The molecule has 2 nitrogen and oxygen atoms in total. The highest BCUT2D eigenvalue weighted by Crippen LogP contribution is 2.28. The molecule has 3 rings (SSSR count). The van der Waals surface area contributed by atoms with Gasteiger partial charge >= 0.3 is 0 Å². The first kappa shape index (κ1) is 14.0. The highest BCUT2D eigenvalue weighted by Gasteiger charge is 2.19. The Morgan fingerprint density at radius 2 is 1.86 bits per heavy atom. The van der Waals surface area contributed by atoms with Crippen LogP contribution >= 0.6 is 0 Å². The monoisotopic (exact) mass is 288 g/mol. The molecule has 1 fully saturated rings. The van der Waals surface area contributed by atoms with E-state index in [4.69, 9.17) is 0 Å². The molecule has 1 aliphatic heterocycles. The molecule has 0 amide bonds. The second-order valence-electron chi connectivity index (χ2n) is 5.45. The number of nitrogens with zero attached hydrogens (tertiary/aromatic N) is 1. The summed E-state index contributed by atoms with van der Waals surface area (Å²) in [5.74, 6) is -0.605. The molecule has 110 valence electrons. The summed E-state index contributed by atoms with van der Waals surface area (Å²) in [7, 11) is 0. The maximum Gasteiger partial charge on any atom is 0.125 e. The summed E-state index contributed by atoms with van der Waals surface area (Å²) in [5.41, 5.74) is 2.25. The van der Waals surface area contributed by atoms with Crippen LogP contribution in [-0.4, -0.2) is 25.7 Å². The average molecular weight is 288 g/mol. The van der Waals surface area contributed by atoms with Crippen molar-refractivity contribution < 1.29 is 8.78 Å². The summed E-state index contributed by atoms with van der Waals surface area (Å²) in [6, 6.07) is 11.5. The predicted octanol–water partition coefficient (Wildman–Crippen LogP) is 3.43. The smallest absolute Gasteiger partial charge is 0.125 e. The Morgan fingerprint density at radius 1 is 1.05 bits per heavy atom. The Kier molecular flexibility index (Phi) is 3.88. The molecule has 1 N–H and O–H groups in total. The van der Waals surface area contributed by atoms with E-state index in [0.717, 1.165) is 25.3 Å². The highest BCUT2D eigenvalue weighted by atomic mass is 19.1. The molecule has 0 spiro atoms. The van der Waals surface area contributed by atoms with E-state index in [1.165, 1.54) is 18.2 Å². The van der Waals surface area contributed by atoms with Crippen LogP contribution in [0.3, 0.4) is 0 Å². The normalized spacial score (nSPS) is 18.8. The number of hydrogen-bond donors (Lipinski definition) is 1. The number of halogens is 2. The van der Waals surface area contributed by atoms with E-state index in [9.17, 15) is 8.78 Å². The van der Waals surface area contributed by atoms with Crippen LogP contribution in [0.25, 0.3) is 11.1 Å². The summed E-state index contributed by atoms with van der Waals surface area (Å²) in [6.07, 6.45) is 0. The Labute approximate surface area is 123 Å². The molecule has 1 heterocycles. The van der Waals surface area contributed by atoms with Crippen LogP contribution in [0.4, 0.5) is 14.5 Å². The number of nitrogens with one attached hydrogen (secondary N) is 1. The van der Waals surface area contributed by atoms with Gasteiger partial charge in [-0.3, -0.25) is 0 Å². The fraction of sp³-hybridized carbons (Fsp3) is 0.294. The third-order valence-corrected chi connectivity index (χ3v) is 3.87. The Morgan fingerprint density at radius 3 is 2.62 bits per heavy atom. The van der Waals surface area contributed by atoms with E-state index in [-0.39, 0.29) is 11.6 Å². The van der Waals surface area contributed by atoms with E-state index in [1.54, 1.807) is 18.2 Å². The Bertz CT molecular complexity index is 642. The van der Waals surface area contributed by atoms with Crippen molar-refractivity contribution in [1.29, 1.82) is 0 Å². The van der Waals surface area contributed by atoms with Crippen molar-refractivity contribution in [3.63, 3.8) is 0 Å². The standard InChI is InChI=1S/C17H18F2N2/c1-12-11-20-5-6-21(12)17-9-14(8-16(19)10-17)13-3-2-4-15(18)7-13/h2-4,7-10,12,20H,5-6,11H2,1H3/t12-/m0/s1. The van der Waals surface area contributed by atoms with Gasteiger partial charge in [-0.25, -0.2) is 8.78 Å². The van der Waals surface area contributed by atoms with Crippen molar-refractivity contribution in [3.05, 3.63) is 54.1 Å². The fourth-order valence-corrected chi connectivity index (χ4v) is 2.80. The van der Waals surface area contributed by atoms with Crippen LogP contribution in [0, 0.1) is 11.6 Å². The van der Waals surface area contributed by atoms with E-state index in [0.29, 0.717) is 17.2 Å². The summed E-state index contributed by atoms with van der Waals surface area (Å²) in [6.45, 7) is 4.72. The molecule has 1 atom stereocenters. The third-order valence-electron chi connectivity index (χ3n) is 3.87. The maximum atomic E-state index is 14.0. The number of benzene rings is 2. The van der Waals surface area contributed by atoms with Gasteiger partial charge in [0, 0.05) is 31.4 Å². The van der Waals surface area contributed by atoms with Gasteiger partial charge in [0.05, 0.1) is 0 Å². The Balaban J connectivity index is 2.00. The molecule has 2 aromatic rings. The van der Waals surface area contributed by atoms with Gasteiger partial charge < -0.3 is 10.2 Å². The van der Waals surface area contributed by atoms with Gasteiger partial charge in [0.15, 0.2) is 0 Å². The third kappa shape index (κ3) is 3.05. The molecule has 4 heteroatoms. The van der Waals surface area contributed by atoms with Gasteiger partial charge in [0.2, 0.25) is 0 Å². The topological polar surface area (TPSA) is 15.3 Å². The van der Waals surface area contributed by atoms with Crippen molar-refractivity contribution in [2.75, 3.05) is 24.5 Å². The molecular formula is C17H18F2N2. The zero-order valence-electron chi connectivity index (χ0n) is 11.9. The maximum absolute atomic E-state index is 14.0. The fourth-order valence-electron chi connectivity index (χ4n) is 2.80. The Hall–Kier alpha value is -1.94. The molecule has 0 saturated carbocycles. The summed E-state index contributed by atoms with van der Waals surface area (Å²) >= 11 is 0. The first-order valence-electron chi connectivity index (χ1n) is 7.17. The molecule has 0 aromatic heterocycles. The lowest BCUT2D eigenvalue weighted by Gasteiger charge is -2.36. The minimum absolute atomic E-state index is 0.294. The zero-order valence-corrected chi connectivity index (χ0v) is 11.9. The molecule has 1 aliphatic rings. The lowest BCUT2D eigenvalue weighted by Crippen LogP contribution is -2.49. The van der Waals surface area contributed by atoms with E-state index in [1.807, 2.05) is 6.07 Å². The quantitative estimate of drug-likeness (QED) is 0.911. The molecule has 0 radical (unpaired) electrons. The van der Waals surface area contributed by atoms with Gasteiger partial charge in [0.25, 0.3) is 0 Å². The van der Waals surface area contributed by atoms with Gasteiger partial charge in [-0.15, -0.1) is 0 Å². The minimum atomic E-state index is -0.311. The second-order valence-corrected chi connectivity index (χ2v) is 5.45. The molecule has 0 bridgehead atoms. The van der Waals surface area contributed by atoms with Crippen LogP contribution in [-0.2, 0) is 0 Å². The van der Waals surface area contributed by atoms with Crippen LogP contribution in [0.15, 0.2) is 42.5 Å². The van der Waals surface area contributed by atoms with Crippen LogP contribution in [0.1, 0.15) is 6.92 Å². The van der Waals surface area contributed by atoms with Crippen molar-refractivity contribution in [1.82, 2.24) is 5.32 Å². The lowest BCUT2D eigenvalue weighted by atomic mass is 10.0. The summed E-state index contributed by atoms with van der Waals surface area (Å²) in [5, 5.41) is 3.32. The number of rotatable bonds is 2. The van der Waals surface area contributed by atoms with Crippen molar-refractivity contribution in [2.24, 2.45) is 0 Å². The molecule has 0 unspecified atom stereocenters. The largest absolute Gasteiger partial charge is 0.366 e. The van der Waals surface area contributed by atoms with E-state index >= 15 is 0 Å². The number of piperazine rings is 1. The van der Waals surface area contributed by atoms with Crippen LogP contribution in [0.5, 0.6) is 0 Å². The molecule has 1 saturated heterocycles. The summed E-state index contributed by atoms with van der Waals surface area (Å²) < 4.78 is 27.3. The van der Waals surface area contributed by atoms with Gasteiger partial charge in [0.1, 0.15) is 11.6 Å². The first-order chi connectivity index (χ1) is 10.1. The first-order valence-corrected chi connectivity index (χ1v) is 7.17. The van der Waals surface area contributed by atoms with Gasteiger partial charge in [-0.2, -0.15) is 0 Å². The highest BCUT2D eigenvalue weighted by molar-refractivity contribution is 5.69.